The van der Waals surface area contributed by atoms with Gasteiger partial charge >= 0.3 is 6.18 Å². The Bertz CT molecular complexity index is 994. The highest BCUT2D eigenvalue weighted by molar-refractivity contribution is 7.22. The largest absolute Gasteiger partial charge is 0.416 e. The van der Waals surface area contributed by atoms with Gasteiger partial charge in [-0.25, -0.2) is 10.1 Å². The first-order valence-electron chi connectivity index (χ1n) is 8.14. The number of fused-ring (bicyclic) bond motifs is 1. The van der Waals surface area contributed by atoms with E-state index in [1.54, 1.807) is 0 Å². The molecule has 2 N–H and O–H groups in total. The molecule has 0 saturated carbocycles. The summed E-state index contributed by atoms with van der Waals surface area (Å²) in [6, 6.07) is 3.48. The van der Waals surface area contributed by atoms with E-state index in [9.17, 15) is 18.0 Å². The lowest BCUT2D eigenvalue weighted by Crippen LogP contribution is -2.22. The molecule has 5 nitrogen and oxygen atoms in total. The number of H-pyrrole nitrogens is 1. The van der Waals surface area contributed by atoms with Gasteiger partial charge in [0.2, 0.25) is 0 Å². The van der Waals surface area contributed by atoms with Crippen LogP contribution in [0.15, 0.2) is 23.0 Å². The number of anilines is 1. The van der Waals surface area contributed by atoms with E-state index in [4.69, 9.17) is 0 Å². The molecule has 1 aromatic carbocycles. The lowest BCUT2D eigenvalue weighted by Gasteiger charge is -2.10. The maximum Gasteiger partial charge on any atom is 0.416 e. The molecule has 0 fully saturated rings. The molecule has 0 aliphatic carbocycles. The van der Waals surface area contributed by atoms with Crippen LogP contribution in [0.1, 0.15) is 36.2 Å². The van der Waals surface area contributed by atoms with Crippen LogP contribution in [-0.2, 0) is 25.6 Å². The molecule has 2 aromatic heterocycles. The van der Waals surface area contributed by atoms with E-state index in [0.717, 1.165) is 23.4 Å². The third-order valence-corrected chi connectivity index (χ3v) is 5.09. The van der Waals surface area contributed by atoms with Gasteiger partial charge in [0.05, 0.1) is 21.5 Å². The minimum absolute atomic E-state index is 0.236. The van der Waals surface area contributed by atoms with Gasteiger partial charge < -0.3 is 5.32 Å². The van der Waals surface area contributed by atoms with Crippen LogP contribution in [0.25, 0.3) is 10.2 Å². The van der Waals surface area contributed by atoms with Crippen molar-refractivity contribution in [1.82, 2.24) is 15.2 Å². The smallest absolute Gasteiger partial charge is 0.357 e. The van der Waals surface area contributed by atoms with Crippen molar-refractivity contribution < 1.29 is 13.2 Å². The minimum atomic E-state index is -4.40. The average molecular weight is 382 g/mol. The van der Waals surface area contributed by atoms with Gasteiger partial charge in [-0.1, -0.05) is 25.2 Å². The minimum Gasteiger partial charge on any atom is -0.357 e. The van der Waals surface area contributed by atoms with E-state index in [2.05, 4.69) is 20.5 Å². The van der Waals surface area contributed by atoms with Gasteiger partial charge in [-0.3, -0.25) is 4.79 Å². The second-order valence-corrected chi connectivity index (χ2v) is 6.75. The number of aryl methyl sites for hydroxylation is 1. The first-order chi connectivity index (χ1) is 12.3. The van der Waals surface area contributed by atoms with Crippen LogP contribution in [0.3, 0.4) is 0 Å². The standard InChI is InChI=1S/C17H17F3N4OS/c1-3-10-11(15(25)24-23-12(10)4-2)8-21-16-22-13-7-9(17(18,19)20)5-6-14(13)26-16/h5-7H,3-4,8H2,1-2H3,(H,21,22)(H,24,25). The van der Waals surface area contributed by atoms with Crippen molar-refractivity contribution in [3.8, 4) is 0 Å². The van der Waals surface area contributed by atoms with Crippen LogP contribution in [0, 0.1) is 0 Å². The first kappa shape index (κ1) is 18.4. The summed E-state index contributed by atoms with van der Waals surface area (Å²) in [4.78, 5) is 16.3. The third-order valence-electron chi connectivity index (χ3n) is 4.10. The fourth-order valence-corrected chi connectivity index (χ4v) is 3.65. The monoisotopic (exact) mass is 382 g/mol. The van der Waals surface area contributed by atoms with Crippen molar-refractivity contribution in [2.75, 3.05) is 5.32 Å². The van der Waals surface area contributed by atoms with Gasteiger partial charge in [0, 0.05) is 12.1 Å². The summed E-state index contributed by atoms with van der Waals surface area (Å²) in [7, 11) is 0. The molecule has 3 rings (SSSR count). The van der Waals surface area contributed by atoms with Crippen molar-refractivity contribution in [3.05, 3.63) is 50.9 Å². The molecule has 3 aromatic rings. The van der Waals surface area contributed by atoms with Gasteiger partial charge in [0.15, 0.2) is 5.13 Å². The number of nitrogens with zero attached hydrogens (tertiary/aromatic N) is 2. The Kier molecular flexibility index (Phi) is 4.99. The average Bonchev–Trinajstić information content (AvgIpc) is 3.01. The first-order valence-corrected chi connectivity index (χ1v) is 8.96. The summed E-state index contributed by atoms with van der Waals surface area (Å²) in [6.45, 7) is 4.15. The van der Waals surface area contributed by atoms with E-state index < -0.39 is 11.7 Å². The molecule has 26 heavy (non-hydrogen) atoms. The molecule has 9 heteroatoms. The quantitative estimate of drug-likeness (QED) is 0.696. The molecule has 2 heterocycles. The molecular weight excluding hydrogens is 365 g/mol. The zero-order valence-corrected chi connectivity index (χ0v) is 15.0. The van der Waals surface area contributed by atoms with Crippen molar-refractivity contribution in [2.45, 2.75) is 39.4 Å². The summed E-state index contributed by atoms with van der Waals surface area (Å²) in [5.74, 6) is 0. The van der Waals surface area contributed by atoms with Gasteiger partial charge in [-0.15, -0.1) is 0 Å². The topological polar surface area (TPSA) is 70.7 Å². The van der Waals surface area contributed by atoms with Crippen LogP contribution in [-0.4, -0.2) is 15.2 Å². The number of aromatic nitrogens is 3. The van der Waals surface area contributed by atoms with Crippen LogP contribution in [0.5, 0.6) is 0 Å². The lowest BCUT2D eigenvalue weighted by molar-refractivity contribution is -0.137. The highest BCUT2D eigenvalue weighted by Gasteiger charge is 2.30. The van der Waals surface area contributed by atoms with Crippen molar-refractivity contribution in [3.63, 3.8) is 0 Å². The van der Waals surface area contributed by atoms with Crippen molar-refractivity contribution in [2.24, 2.45) is 0 Å². The predicted octanol–water partition coefficient (Wildman–Crippen LogP) is 4.14. The number of halogens is 3. The second-order valence-electron chi connectivity index (χ2n) is 5.72. The van der Waals surface area contributed by atoms with Crippen molar-refractivity contribution >= 4 is 26.7 Å². The number of alkyl halides is 3. The molecule has 0 bridgehead atoms. The number of rotatable bonds is 5. The molecule has 0 saturated heterocycles. The molecular formula is C17H17F3N4OS. The SMILES string of the molecule is CCc1n[nH]c(=O)c(CNc2nc3cc(C(F)(F)F)ccc3s2)c1CC. The Morgan fingerprint density at radius 2 is 1.96 bits per heavy atom. The fourth-order valence-electron chi connectivity index (χ4n) is 2.80. The van der Waals surface area contributed by atoms with Crippen LogP contribution >= 0.6 is 11.3 Å². The number of benzene rings is 1. The Balaban J connectivity index is 1.88. The van der Waals surface area contributed by atoms with Gasteiger partial charge in [0.25, 0.3) is 5.56 Å². The zero-order chi connectivity index (χ0) is 18.9. The molecule has 0 radical (unpaired) electrons. The van der Waals surface area contributed by atoms with Gasteiger partial charge in [-0.2, -0.15) is 18.3 Å². The fraction of sp³-hybridized carbons (Fsp3) is 0.353. The molecule has 138 valence electrons. The van der Waals surface area contributed by atoms with E-state index in [0.29, 0.717) is 28.2 Å². The normalized spacial score (nSPS) is 11.9. The molecule has 0 unspecified atom stereocenters. The summed E-state index contributed by atoms with van der Waals surface area (Å²) < 4.78 is 39.1. The lowest BCUT2D eigenvalue weighted by atomic mass is 10.0. The summed E-state index contributed by atoms with van der Waals surface area (Å²) in [5.41, 5.74) is 1.59. The van der Waals surface area contributed by atoms with Gasteiger partial charge in [0.1, 0.15) is 0 Å². The molecule has 0 aliphatic rings. The second kappa shape index (κ2) is 7.06. The number of thiazole rings is 1. The maximum absolute atomic E-state index is 12.8. The number of hydrogen-bond donors (Lipinski definition) is 2. The molecule has 0 spiro atoms. The summed E-state index contributed by atoms with van der Waals surface area (Å²) >= 11 is 1.25. The van der Waals surface area contributed by atoms with Crippen molar-refractivity contribution in [1.29, 1.82) is 0 Å². The predicted molar refractivity (Wildman–Crippen MR) is 95.6 cm³/mol. The summed E-state index contributed by atoms with van der Waals surface area (Å²) in [6.07, 6.45) is -3.03. The summed E-state index contributed by atoms with van der Waals surface area (Å²) in [5, 5.41) is 10.1. The third kappa shape index (κ3) is 3.57. The molecule has 0 atom stereocenters. The Labute approximate surface area is 151 Å². The van der Waals surface area contributed by atoms with E-state index in [1.165, 1.54) is 17.4 Å². The van der Waals surface area contributed by atoms with E-state index >= 15 is 0 Å². The van der Waals surface area contributed by atoms with Crippen LogP contribution in [0.2, 0.25) is 0 Å². The Morgan fingerprint density at radius 1 is 1.19 bits per heavy atom. The van der Waals surface area contributed by atoms with E-state index in [-0.39, 0.29) is 17.6 Å². The van der Waals surface area contributed by atoms with Gasteiger partial charge in [-0.05, 0) is 36.6 Å². The maximum atomic E-state index is 12.8. The number of aromatic amines is 1. The Hall–Kier alpha value is -2.42. The highest BCUT2D eigenvalue weighted by atomic mass is 32.1. The Morgan fingerprint density at radius 3 is 2.62 bits per heavy atom. The molecule has 0 amide bonds. The van der Waals surface area contributed by atoms with E-state index in [1.807, 2.05) is 13.8 Å². The number of hydrogen-bond acceptors (Lipinski definition) is 5. The van der Waals surface area contributed by atoms with Crippen LogP contribution < -0.4 is 10.9 Å². The number of nitrogens with one attached hydrogen (secondary N) is 2. The highest BCUT2D eigenvalue weighted by Crippen LogP contribution is 2.34. The van der Waals surface area contributed by atoms with Crippen LogP contribution in [0.4, 0.5) is 18.3 Å². The molecule has 0 aliphatic heterocycles. The zero-order valence-electron chi connectivity index (χ0n) is 14.2.